The van der Waals surface area contributed by atoms with Gasteiger partial charge in [-0.2, -0.15) is 0 Å². The molecule has 2 aromatic carbocycles. The van der Waals surface area contributed by atoms with Gasteiger partial charge in [-0.15, -0.1) is 11.8 Å². The summed E-state index contributed by atoms with van der Waals surface area (Å²) in [6.45, 7) is 2.08. The van der Waals surface area contributed by atoms with E-state index in [4.69, 9.17) is 9.47 Å². The van der Waals surface area contributed by atoms with Crippen LogP contribution in [0.15, 0.2) is 64.7 Å². The second-order valence-electron chi connectivity index (χ2n) is 6.80. The topological polar surface area (TPSA) is 90.4 Å². The molecule has 0 bridgehead atoms. The average molecular weight is 484 g/mol. The SMILES string of the molecule is CCOC(=O)/C=C/c1cccc(-c2cnc(Nc3cc(OC)cc(SC)c3)nc2S(C)=O)c1. The summed E-state index contributed by atoms with van der Waals surface area (Å²) in [5, 5.41) is 3.58. The van der Waals surface area contributed by atoms with E-state index in [1.54, 1.807) is 44.3 Å². The fourth-order valence-electron chi connectivity index (χ4n) is 3.02. The quantitative estimate of drug-likeness (QED) is 0.198. The third-order valence-electron chi connectivity index (χ3n) is 4.53. The predicted molar refractivity (Wildman–Crippen MR) is 134 cm³/mol. The van der Waals surface area contributed by atoms with Crippen molar-refractivity contribution in [3.05, 3.63) is 60.3 Å². The Morgan fingerprint density at radius 3 is 2.76 bits per heavy atom. The first-order valence-corrected chi connectivity index (χ1v) is 12.9. The zero-order valence-electron chi connectivity index (χ0n) is 18.8. The molecule has 0 spiro atoms. The molecule has 0 fully saturated rings. The molecule has 3 rings (SSSR count). The minimum atomic E-state index is -1.35. The number of carbonyl (C=O) groups is 1. The van der Waals surface area contributed by atoms with E-state index in [1.807, 2.05) is 48.7 Å². The number of hydrogen-bond acceptors (Lipinski definition) is 8. The molecule has 1 aromatic heterocycles. The van der Waals surface area contributed by atoms with Gasteiger partial charge in [-0.05, 0) is 48.6 Å². The summed E-state index contributed by atoms with van der Waals surface area (Å²) < 4.78 is 22.8. The number of nitrogens with zero attached hydrogens (tertiary/aromatic N) is 2. The largest absolute Gasteiger partial charge is 0.497 e. The molecule has 1 heterocycles. The number of carbonyl (C=O) groups excluding carboxylic acids is 1. The first kappa shape index (κ1) is 24.5. The Balaban J connectivity index is 1.92. The lowest BCUT2D eigenvalue weighted by molar-refractivity contribution is -0.137. The van der Waals surface area contributed by atoms with Gasteiger partial charge in [0.25, 0.3) is 0 Å². The van der Waals surface area contributed by atoms with Gasteiger partial charge < -0.3 is 14.8 Å². The van der Waals surface area contributed by atoms with Gasteiger partial charge in [-0.3, -0.25) is 4.21 Å². The summed E-state index contributed by atoms with van der Waals surface area (Å²) in [5.74, 6) is 0.648. The molecule has 0 aliphatic heterocycles. The van der Waals surface area contributed by atoms with Crippen LogP contribution >= 0.6 is 11.8 Å². The highest BCUT2D eigenvalue weighted by molar-refractivity contribution is 7.98. The van der Waals surface area contributed by atoms with Crippen LogP contribution in [0.4, 0.5) is 11.6 Å². The second-order valence-corrected chi connectivity index (χ2v) is 8.98. The molecule has 9 heteroatoms. The maximum absolute atomic E-state index is 12.5. The summed E-state index contributed by atoms with van der Waals surface area (Å²) >= 11 is 1.60. The number of hydrogen-bond donors (Lipinski definition) is 1. The summed E-state index contributed by atoms with van der Waals surface area (Å²) in [5.41, 5.74) is 3.02. The van der Waals surface area contributed by atoms with E-state index >= 15 is 0 Å². The second kappa shape index (κ2) is 11.6. The smallest absolute Gasteiger partial charge is 0.330 e. The van der Waals surface area contributed by atoms with Crippen molar-refractivity contribution in [1.29, 1.82) is 0 Å². The van der Waals surface area contributed by atoms with Crippen LogP contribution in [0.25, 0.3) is 17.2 Å². The van der Waals surface area contributed by atoms with E-state index in [0.29, 0.717) is 28.9 Å². The molecular formula is C24H25N3O4S2. The monoisotopic (exact) mass is 483 g/mol. The Bertz CT molecular complexity index is 1180. The molecule has 172 valence electrons. The first-order chi connectivity index (χ1) is 15.9. The van der Waals surface area contributed by atoms with Gasteiger partial charge in [0, 0.05) is 40.7 Å². The molecule has 7 nitrogen and oxygen atoms in total. The number of benzene rings is 2. The van der Waals surface area contributed by atoms with Crippen LogP contribution in [0, 0.1) is 0 Å². The van der Waals surface area contributed by atoms with Gasteiger partial charge in [-0.1, -0.05) is 18.2 Å². The molecule has 3 aromatic rings. The molecule has 0 amide bonds. The third kappa shape index (κ3) is 6.66. The van der Waals surface area contributed by atoms with Crippen molar-refractivity contribution in [3.63, 3.8) is 0 Å². The molecular weight excluding hydrogens is 458 g/mol. The summed E-state index contributed by atoms with van der Waals surface area (Å²) in [6.07, 6.45) is 8.26. The van der Waals surface area contributed by atoms with Crippen LogP contribution in [-0.2, 0) is 20.3 Å². The van der Waals surface area contributed by atoms with Crippen molar-refractivity contribution in [1.82, 2.24) is 9.97 Å². The highest BCUT2D eigenvalue weighted by Gasteiger charge is 2.14. The number of esters is 1. The first-order valence-electron chi connectivity index (χ1n) is 10.1. The number of thioether (sulfide) groups is 1. The highest BCUT2D eigenvalue weighted by atomic mass is 32.2. The molecule has 0 saturated carbocycles. The average Bonchev–Trinajstić information content (AvgIpc) is 2.82. The Hall–Kier alpha value is -3.17. The zero-order valence-corrected chi connectivity index (χ0v) is 20.5. The van der Waals surface area contributed by atoms with E-state index in [-0.39, 0.29) is 0 Å². The van der Waals surface area contributed by atoms with Crippen LogP contribution in [-0.4, -0.2) is 46.4 Å². The maximum atomic E-state index is 12.5. The Kier molecular flexibility index (Phi) is 8.62. The van der Waals surface area contributed by atoms with Crippen molar-refractivity contribution in [3.8, 4) is 16.9 Å². The fourth-order valence-corrected chi connectivity index (χ4v) is 4.19. The maximum Gasteiger partial charge on any atom is 0.330 e. The van der Waals surface area contributed by atoms with Crippen LogP contribution in [0.3, 0.4) is 0 Å². The van der Waals surface area contributed by atoms with E-state index in [1.165, 1.54) is 6.08 Å². The van der Waals surface area contributed by atoms with Crippen LogP contribution in [0.1, 0.15) is 12.5 Å². The molecule has 1 unspecified atom stereocenters. The van der Waals surface area contributed by atoms with Gasteiger partial charge in [0.15, 0.2) is 0 Å². The molecule has 33 heavy (non-hydrogen) atoms. The van der Waals surface area contributed by atoms with E-state index < -0.39 is 16.8 Å². The Morgan fingerprint density at radius 2 is 2.06 bits per heavy atom. The summed E-state index contributed by atoms with van der Waals surface area (Å²) in [6, 6.07) is 13.2. The Morgan fingerprint density at radius 1 is 1.24 bits per heavy atom. The summed E-state index contributed by atoms with van der Waals surface area (Å²) in [4.78, 5) is 21.6. The van der Waals surface area contributed by atoms with Crippen molar-refractivity contribution in [2.45, 2.75) is 16.8 Å². The zero-order chi connectivity index (χ0) is 23.8. The van der Waals surface area contributed by atoms with Crippen molar-refractivity contribution >= 4 is 46.2 Å². The minimum absolute atomic E-state index is 0.320. The lowest BCUT2D eigenvalue weighted by Gasteiger charge is -2.12. The van der Waals surface area contributed by atoms with E-state index in [2.05, 4.69) is 15.3 Å². The van der Waals surface area contributed by atoms with Crippen LogP contribution < -0.4 is 10.1 Å². The van der Waals surface area contributed by atoms with E-state index in [0.717, 1.165) is 21.7 Å². The number of anilines is 2. The lowest BCUT2D eigenvalue weighted by Crippen LogP contribution is -2.04. The van der Waals surface area contributed by atoms with Crippen molar-refractivity contribution < 1.29 is 18.5 Å². The summed E-state index contributed by atoms with van der Waals surface area (Å²) in [7, 11) is 0.260. The number of methoxy groups -OCH3 is 1. The van der Waals surface area contributed by atoms with Gasteiger partial charge in [0.05, 0.1) is 24.5 Å². The number of rotatable bonds is 9. The van der Waals surface area contributed by atoms with Gasteiger partial charge in [-0.25, -0.2) is 14.8 Å². The van der Waals surface area contributed by atoms with Crippen LogP contribution in [0.5, 0.6) is 5.75 Å². The van der Waals surface area contributed by atoms with Crippen molar-refractivity contribution in [2.24, 2.45) is 0 Å². The fraction of sp³-hybridized carbons (Fsp3) is 0.208. The molecule has 1 N–H and O–H groups in total. The number of aromatic nitrogens is 2. The minimum Gasteiger partial charge on any atom is -0.497 e. The third-order valence-corrected chi connectivity index (χ3v) is 6.09. The standard InChI is InChI=1S/C24H25N3O4S2/c1-5-31-22(28)10-9-16-7-6-8-17(11-16)21-15-25-24(27-23(21)33(4)29)26-18-12-19(30-2)14-20(13-18)32-3/h6-15H,5H2,1-4H3,(H,25,26,27)/b10-9+. The van der Waals surface area contributed by atoms with Gasteiger partial charge >= 0.3 is 5.97 Å². The number of nitrogens with one attached hydrogen (secondary N) is 1. The molecule has 0 aliphatic rings. The molecule has 0 radical (unpaired) electrons. The van der Waals surface area contributed by atoms with Crippen molar-refractivity contribution in [2.75, 3.05) is 31.5 Å². The van der Waals surface area contributed by atoms with Crippen LogP contribution in [0.2, 0.25) is 0 Å². The normalized spacial score (nSPS) is 11.9. The van der Waals surface area contributed by atoms with Gasteiger partial charge in [0.1, 0.15) is 10.8 Å². The number of ether oxygens (including phenoxy) is 2. The van der Waals surface area contributed by atoms with E-state index in [9.17, 15) is 9.00 Å². The highest BCUT2D eigenvalue weighted by Crippen LogP contribution is 2.30. The Labute approximate surface area is 200 Å². The molecule has 1 atom stereocenters. The molecule has 0 saturated heterocycles. The predicted octanol–water partition coefficient (Wildman–Crippen LogP) is 4.93. The van der Waals surface area contributed by atoms with Gasteiger partial charge in [0.2, 0.25) is 5.95 Å². The molecule has 0 aliphatic carbocycles. The lowest BCUT2D eigenvalue weighted by atomic mass is 10.1.